The zero-order valence-electron chi connectivity index (χ0n) is 12.2. The van der Waals surface area contributed by atoms with E-state index < -0.39 is 18.0 Å². The Kier molecular flexibility index (Phi) is 5.03. The van der Waals surface area contributed by atoms with Crippen molar-refractivity contribution in [2.24, 2.45) is 5.92 Å². The molecule has 2 aliphatic carbocycles. The minimum atomic E-state index is -1.13. The fraction of sp³-hybridized carbons (Fsp3) is 0.786. The molecule has 2 fully saturated rings. The topological polar surface area (TPSA) is 95.9 Å². The third-order valence-corrected chi connectivity index (χ3v) is 3.86. The van der Waals surface area contributed by atoms with Crippen LogP contribution in [-0.4, -0.2) is 53.7 Å². The molecule has 118 valence electrons. The van der Waals surface area contributed by atoms with E-state index in [-0.39, 0.29) is 24.9 Å². The Bertz CT molecular complexity index is 418. The van der Waals surface area contributed by atoms with Gasteiger partial charge in [-0.1, -0.05) is 0 Å². The molecule has 2 rings (SSSR count). The molecule has 7 nitrogen and oxygen atoms in total. The number of hydrogen-bond donors (Lipinski definition) is 2. The van der Waals surface area contributed by atoms with Crippen molar-refractivity contribution in [3.05, 3.63) is 0 Å². The van der Waals surface area contributed by atoms with Crippen molar-refractivity contribution in [2.75, 3.05) is 13.7 Å². The van der Waals surface area contributed by atoms with Crippen molar-refractivity contribution in [2.45, 2.75) is 50.6 Å². The van der Waals surface area contributed by atoms with E-state index in [1.807, 2.05) is 0 Å². The number of nitrogens with one attached hydrogen (secondary N) is 1. The lowest BCUT2D eigenvalue weighted by molar-refractivity contribution is -0.142. The second-order valence-electron chi connectivity index (χ2n) is 5.78. The van der Waals surface area contributed by atoms with Gasteiger partial charge in [0.05, 0.1) is 7.11 Å². The van der Waals surface area contributed by atoms with Gasteiger partial charge in [-0.3, -0.25) is 4.79 Å². The van der Waals surface area contributed by atoms with E-state index in [1.54, 1.807) is 4.90 Å². The largest absolute Gasteiger partial charge is 0.480 e. The highest BCUT2D eigenvalue weighted by Gasteiger charge is 2.37. The standard InChI is InChI=1S/C14H22N2O5/c1-21-12(17)7-6-11(13(18)19)15-14(20)16(10-4-5-10)8-9-2-3-9/h9-11H,2-8H2,1H3,(H,15,20)(H,18,19)/t11-/m0/s1. The van der Waals surface area contributed by atoms with Gasteiger partial charge in [-0.15, -0.1) is 0 Å². The third-order valence-electron chi connectivity index (χ3n) is 3.86. The number of nitrogens with zero attached hydrogens (tertiary/aromatic N) is 1. The van der Waals surface area contributed by atoms with Crippen molar-refractivity contribution in [1.82, 2.24) is 10.2 Å². The number of carboxylic acids is 1. The van der Waals surface area contributed by atoms with Gasteiger partial charge in [0.25, 0.3) is 0 Å². The molecule has 7 heteroatoms. The highest BCUT2D eigenvalue weighted by Crippen LogP contribution is 2.34. The Balaban J connectivity index is 1.86. The predicted molar refractivity (Wildman–Crippen MR) is 73.7 cm³/mol. The maximum atomic E-state index is 12.3. The highest BCUT2D eigenvalue weighted by atomic mass is 16.5. The summed E-state index contributed by atoms with van der Waals surface area (Å²) in [6.45, 7) is 0.708. The number of carboxylic acid groups (broad SMARTS) is 1. The molecular formula is C14H22N2O5. The van der Waals surface area contributed by atoms with Crippen LogP contribution in [0.5, 0.6) is 0 Å². The number of carbonyl (C=O) groups is 3. The first-order valence-electron chi connectivity index (χ1n) is 7.38. The van der Waals surface area contributed by atoms with Crippen LogP contribution in [0.4, 0.5) is 4.79 Å². The summed E-state index contributed by atoms with van der Waals surface area (Å²) in [6, 6.07) is -1.14. The molecule has 2 aliphatic rings. The van der Waals surface area contributed by atoms with Gasteiger partial charge in [0.15, 0.2) is 0 Å². The SMILES string of the molecule is COC(=O)CC[C@H](NC(=O)N(CC1CC1)C1CC1)C(=O)O. The van der Waals surface area contributed by atoms with E-state index in [4.69, 9.17) is 5.11 Å². The van der Waals surface area contributed by atoms with E-state index in [2.05, 4.69) is 10.1 Å². The molecule has 0 saturated heterocycles. The van der Waals surface area contributed by atoms with Crippen LogP contribution in [-0.2, 0) is 14.3 Å². The summed E-state index contributed by atoms with van der Waals surface area (Å²) >= 11 is 0. The molecular weight excluding hydrogens is 276 g/mol. The first-order chi connectivity index (χ1) is 10.0. The lowest BCUT2D eigenvalue weighted by Gasteiger charge is -2.25. The van der Waals surface area contributed by atoms with E-state index in [0.717, 1.165) is 25.7 Å². The van der Waals surface area contributed by atoms with Crippen molar-refractivity contribution >= 4 is 18.0 Å². The van der Waals surface area contributed by atoms with Crippen LogP contribution in [0.3, 0.4) is 0 Å². The minimum absolute atomic E-state index is 0.0280. The fourth-order valence-corrected chi connectivity index (χ4v) is 2.22. The minimum Gasteiger partial charge on any atom is -0.480 e. The van der Waals surface area contributed by atoms with Crippen LogP contribution < -0.4 is 5.32 Å². The molecule has 1 atom stereocenters. The molecule has 2 amide bonds. The molecule has 0 aromatic rings. The van der Waals surface area contributed by atoms with Gasteiger partial charge in [0.1, 0.15) is 6.04 Å². The highest BCUT2D eigenvalue weighted by molar-refractivity contribution is 5.83. The van der Waals surface area contributed by atoms with Crippen LogP contribution in [0.1, 0.15) is 38.5 Å². The molecule has 2 N–H and O–H groups in total. The third kappa shape index (κ3) is 4.91. The van der Waals surface area contributed by atoms with Crippen molar-refractivity contribution < 1.29 is 24.2 Å². The average Bonchev–Trinajstić information content (AvgIpc) is 3.32. The first kappa shape index (κ1) is 15.6. The van der Waals surface area contributed by atoms with Crippen LogP contribution in [0.25, 0.3) is 0 Å². The van der Waals surface area contributed by atoms with Crippen LogP contribution in [0.15, 0.2) is 0 Å². The molecule has 0 unspecified atom stereocenters. The second-order valence-corrected chi connectivity index (χ2v) is 5.78. The molecule has 0 aliphatic heterocycles. The Morgan fingerprint density at radius 3 is 2.43 bits per heavy atom. The molecule has 0 bridgehead atoms. The Hall–Kier alpha value is -1.79. The van der Waals surface area contributed by atoms with E-state index in [9.17, 15) is 14.4 Å². The van der Waals surface area contributed by atoms with Crippen LogP contribution >= 0.6 is 0 Å². The van der Waals surface area contributed by atoms with E-state index in [1.165, 1.54) is 7.11 Å². The van der Waals surface area contributed by atoms with Gasteiger partial charge < -0.3 is 20.1 Å². The number of ether oxygens (including phenoxy) is 1. The van der Waals surface area contributed by atoms with Gasteiger partial charge in [0.2, 0.25) is 0 Å². The number of urea groups is 1. The number of carbonyl (C=O) groups excluding carboxylic acids is 2. The number of amides is 2. The number of aliphatic carboxylic acids is 1. The summed E-state index contributed by atoms with van der Waals surface area (Å²) in [7, 11) is 1.25. The maximum absolute atomic E-state index is 12.3. The Labute approximate surface area is 123 Å². The molecule has 2 saturated carbocycles. The average molecular weight is 298 g/mol. The normalized spacial score (nSPS) is 18.7. The van der Waals surface area contributed by atoms with Gasteiger partial charge >= 0.3 is 18.0 Å². The lowest BCUT2D eigenvalue weighted by atomic mass is 10.1. The molecule has 21 heavy (non-hydrogen) atoms. The Morgan fingerprint density at radius 1 is 1.29 bits per heavy atom. The van der Waals surface area contributed by atoms with Crippen molar-refractivity contribution in [3.63, 3.8) is 0 Å². The zero-order valence-corrected chi connectivity index (χ0v) is 12.2. The van der Waals surface area contributed by atoms with Crippen molar-refractivity contribution in [1.29, 1.82) is 0 Å². The molecule has 0 radical (unpaired) electrons. The summed E-state index contributed by atoms with van der Waals surface area (Å²) in [5, 5.41) is 11.7. The fourth-order valence-electron chi connectivity index (χ4n) is 2.22. The number of rotatable bonds is 8. The molecule has 0 spiro atoms. The van der Waals surface area contributed by atoms with E-state index >= 15 is 0 Å². The Morgan fingerprint density at radius 2 is 1.95 bits per heavy atom. The van der Waals surface area contributed by atoms with E-state index in [0.29, 0.717) is 12.5 Å². The predicted octanol–water partition coefficient (Wildman–Crippen LogP) is 0.977. The maximum Gasteiger partial charge on any atom is 0.326 e. The smallest absolute Gasteiger partial charge is 0.326 e. The monoisotopic (exact) mass is 298 g/mol. The quantitative estimate of drug-likeness (QED) is 0.651. The van der Waals surface area contributed by atoms with Crippen LogP contribution in [0, 0.1) is 5.92 Å². The summed E-state index contributed by atoms with van der Waals surface area (Å²) < 4.78 is 4.49. The molecule has 0 aromatic carbocycles. The summed E-state index contributed by atoms with van der Waals surface area (Å²) in [4.78, 5) is 36.3. The van der Waals surface area contributed by atoms with Crippen LogP contribution in [0.2, 0.25) is 0 Å². The summed E-state index contributed by atoms with van der Waals surface area (Å²) in [6.07, 6.45) is 4.26. The van der Waals surface area contributed by atoms with Gasteiger partial charge in [-0.25, -0.2) is 9.59 Å². The first-order valence-corrected chi connectivity index (χ1v) is 7.38. The molecule has 0 heterocycles. The lowest BCUT2D eigenvalue weighted by Crippen LogP contribution is -2.49. The second kappa shape index (κ2) is 6.78. The van der Waals surface area contributed by atoms with Gasteiger partial charge in [-0.05, 0) is 38.0 Å². The molecule has 0 aromatic heterocycles. The number of hydrogen-bond acceptors (Lipinski definition) is 4. The van der Waals surface area contributed by atoms with Gasteiger partial charge in [-0.2, -0.15) is 0 Å². The summed E-state index contributed by atoms with van der Waals surface area (Å²) in [5.74, 6) is -1.04. The zero-order chi connectivity index (χ0) is 15.4. The van der Waals surface area contributed by atoms with Crippen molar-refractivity contribution in [3.8, 4) is 0 Å². The summed E-state index contributed by atoms with van der Waals surface area (Å²) in [5.41, 5.74) is 0. The number of methoxy groups -OCH3 is 1. The number of esters is 1. The van der Waals surface area contributed by atoms with Gasteiger partial charge in [0, 0.05) is 19.0 Å².